The van der Waals surface area contributed by atoms with Gasteiger partial charge >= 0.3 is 0 Å². The lowest BCUT2D eigenvalue weighted by atomic mass is 10.1. The van der Waals surface area contributed by atoms with E-state index in [0.717, 1.165) is 16.9 Å². The van der Waals surface area contributed by atoms with Crippen LogP contribution in [0.3, 0.4) is 0 Å². The van der Waals surface area contributed by atoms with E-state index in [9.17, 15) is 0 Å². The van der Waals surface area contributed by atoms with E-state index in [1.165, 1.54) is 4.80 Å². The molecule has 0 aliphatic rings. The Morgan fingerprint density at radius 1 is 1.33 bits per heavy atom. The van der Waals surface area contributed by atoms with Gasteiger partial charge in [-0.15, -0.1) is 4.80 Å². The molecule has 2 aromatic rings. The second-order valence-electron chi connectivity index (χ2n) is 3.36. The molecule has 0 aliphatic carbocycles. The fourth-order valence-electron chi connectivity index (χ4n) is 1.46. The summed E-state index contributed by atoms with van der Waals surface area (Å²) >= 11 is 0. The van der Waals surface area contributed by atoms with Crippen LogP contribution < -0.4 is 0 Å². The van der Waals surface area contributed by atoms with E-state index in [2.05, 4.69) is 16.3 Å². The molecule has 0 saturated heterocycles. The number of hydrogen-bond acceptors (Lipinski definition) is 3. The molecular formula is C11H10N4. The molecule has 4 nitrogen and oxygen atoms in total. The molecule has 1 aromatic carbocycles. The van der Waals surface area contributed by atoms with E-state index in [1.807, 2.05) is 26.0 Å². The number of aromatic nitrogens is 3. The van der Waals surface area contributed by atoms with Gasteiger partial charge < -0.3 is 0 Å². The number of aryl methyl sites for hydroxylation is 2. The van der Waals surface area contributed by atoms with Crippen molar-refractivity contribution in [3.05, 3.63) is 41.2 Å². The van der Waals surface area contributed by atoms with Gasteiger partial charge in [0, 0.05) is 0 Å². The van der Waals surface area contributed by atoms with Crippen LogP contribution in [-0.2, 0) is 0 Å². The average Bonchev–Trinajstić information content (AvgIpc) is 2.64. The fourth-order valence-corrected chi connectivity index (χ4v) is 1.46. The van der Waals surface area contributed by atoms with Crippen LogP contribution >= 0.6 is 0 Å². The van der Waals surface area contributed by atoms with E-state index in [0.29, 0.717) is 5.56 Å². The van der Waals surface area contributed by atoms with Gasteiger partial charge in [0.1, 0.15) is 11.8 Å². The molecule has 74 valence electrons. The average molecular weight is 198 g/mol. The first-order valence-electron chi connectivity index (χ1n) is 4.61. The van der Waals surface area contributed by atoms with Crippen molar-refractivity contribution in [2.45, 2.75) is 13.8 Å². The number of hydrogen-bond donors (Lipinski definition) is 0. The van der Waals surface area contributed by atoms with E-state index in [1.54, 1.807) is 12.3 Å². The first kappa shape index (κ1) is 9.41. The molecule has 0 unspecified atom stereocenters. The summed E-state index contributed by atoms with van der Waals surface area (Å²) in [5, 5.41) is 17.3. The van der Waals surface area contributed by atoms with Gasteiger partial charge in [-0.1, -0.05) is 12.1 Å². The third kappa shape index (κ3) is 1.59. The van der Waals surface area contributed by atoms with Crippen molar-refractivity contribution >= 4 is 0 Å². The lowest BCUT2D eigenvalue weighted by Gasteiger charge is -2.05. The smallest absolute Gasteiger partial charge is 0.106 e. The highest BCUT2D eigenvalue weighted by Crippen LogP contribution is 2.16. The molecule has 0 atom stereocenters. The third-order valence-electron chi connectivity index (χ3n) is 2.16. The fraction of sp³-hybridized carbons (Fsp3) is 0.182. The highest BCUT2D eigenvalue weighted by Gasteiger charge is 2.09. The van der Waals surface area contributed by atoms with Gasteiger partial charge in [0.2, 0.25) is 0 Å². The predicted octanol–water partition coefficient (Wildman–Crippen LogP) is 1.76. The van der Waals surface area contributed by atoms with Gasteiger partial charge in [0.25, 0.3) is 0 Å². The summed E-state index contributed by atoms with van der Waals surface area (Å²) in [5.74, 6) is 0. The zero-order valence-corrected chi connectivity index (χ0v) is 8.60. The largest absolute Gasteiger partial charge is 0.192 e. The predicted molar refractivity (Wildman–Crippen MR) is 55.5 cm³/mol. The molecule has 0 amide bonds. The summed E-state index contributed by atoms with van der Waals surface area (Å²) in [6.45, 7) is 3.81. The second kappa shape index (κ2) is 3.54. The van der Waals surface area contributed by atoms with E-state index in [4.69, 9.17) is 5.26 Å². The quantitative estimate of drug-likeness (QED) is 0.701. The van der Waals surface area contributed by atoms with Crippen molar-refractivity contribution in [3.63, 3.8) is 0 Å². The van der Waals surface area contributed by atoms with Crippen LogP contribution in [0.1, 0.15) is 16.8 Å². The minimum atomic E-state index is 0.589. The maximum Gasteiger partial charge on any atom is 0.106 e. The summed E-state index contributed by atoms with van der Waals surface area (Å²) in [5.41, 5.74) is 3.17. The van der Waals surface area contributed by atoms with Crippen LogP contribution in [-0.4, -0.2) is 15.0 Å². The van der Waals surface area contributed by atoms with Crippen molar-refractivity contribution in [3.8, 4) is 11.8 Å². The highest BCUT2D eigenvalue weighted by molar-refractivity contribution is 5.52. The summed E-state index contributed by atoms with van der Waals surface area (Å²) in [7, 11) is 0. The van der Waals surface area contributed by atoms with Crippen LogP contribution in [0.5, 0.6) is 0 Å². The van der Waals surface area contributed by atoms with E-state index in [-0.39, 0.29) is 0 Å². The molecular weight excluding hydrogens is 188 g/mol. The Labute approximate surface area is 87.8 Å². The normalized spacial score (nSPS) is 9.93. The molecule has 0 spiro atoms. The summed E-state index contributed by atoms with van der Waals surface area (Å²) in [6, 6.07) is 7.70. The number of para-hydroxylation sites is 1. The van der Waals surface area contributed by atoms with Gasteiger partial charge in [-0.25, -0.2) is 0 Å². The molecule has 15 heavy (non-hydrogen) atoms. The summed E-state index contributed by atoms with van der Waals surface area (Å²) in [4.78, 5) is 1.50. The van der Waals surface area contributed by atoms with Crippen molar-refractivity contribution in [2.75, 3.05) is 0 Å². The monoisotopic (exact) mass is 198 g/mol. The highest BCUT2D eigenvalue weighted by atomic mass is 15.5. The Hall–Kier alpha value is -2.15. The zero-order chi connectivity index (χ0) is 10.8. The molecule has 1 heterocycles. The Morgan fingerprint density at radius 2 is 2.13 bits per heavy atom. The van der Waals surface area contributed by atoms with Crippen LogP contribution in [0, 0.1) is 25.2 Å². The Bertz CT molecular complexity index is 534. The van der Waals surface area contributed by atoms with Gasteiger partial charge in [-0.05, 0) is 25.5 Å². The Kier molecular flexibility index (Phi) is 2.22. The molecule has 4 heteroatoms. The molecule has 0 saturated carbocycles. The maximum absolute atomic E-state index is 8.99. The molecule has 2 rings (SSSR count). The van der Waals surface area contributed by atoms with Crippen molar-refractivity contribution in [2.24, 2.45) is 0 Å². The zero-order valence-electron chi connectivity index (χ0n) is 8.60. The molecule has 0 bridgehead atoms. The number of nitrogens with zero attached hydrogens (tertiary/aromatic N) is 4. The first-order valence-corrected chi connectivity index (χ1v) is 4.61. The third-order valence-corrected chi connectivity index (χ3v) is 2.16. The Balaban J connectivity index is 2.67. The molecule has 1 aromatic heterocycles. The molecule has 0 fully saturated rings. The van der Waals surface area contributed by atoms with Crippen molar-refractivity contribution in [1.29, 1.82) is 5.26 Å². The van der Waals surface area contributed by atoms with E-state index >= 15 is 0 Å². The summed E-state index contributed by atoms with van der Waals surface area (Å²) < 4.78 is 0. The molecule has 0 radical (unpaired) electrons. The number of nitriles is 1. The van der Waals surface area contributed by atoms with Crippen LogP contribution in [0.15, 0.2) is 24.4 Å². The van der Waals surface area contributed by atoms with Gasteiger partial charge in [-0.3, -0.25) is 0 Å². The van der Waals surface area contributed by atoms with Gasteiger partial charge in [0.05, 0.1) is 17.5 Å². The van der Waals surface area contributed by atoms with Crippen molar-refractivity contribution in [1.82, 2.24) is 15.0 Å². The minimum Gasteiger partial charge on any atom is -0.192 e. The topological polar surface area (TPSA) is 54.5 Å². The number of benzene rings is 1. The van der Waals surface area contributed by atoms with Crippen LogP contribution in [0.25, 0.3) is 5.69 Å². The second-order valence-corrected chi connectivity index (χ2v) is 3.36. The van der Waals surface area contributed by atoms with Crippen LogP contribution in [0.4, 0.5) is 0 Å². The SMILES string of the molecule is Cc1cnn(-c2c(C)cccc2C#N)n1. The van der Waals surface area contributed by atoms with Gasteiger partial charge in [-0.2, -0.15) is 15.5 Å². The van der Waals surface area contributed by atoms with Crippen LogP contribution in [0.2, 0.25) is 0 Å². The van der Waals surface area contributed by atoms with Crippen molar-refractivity contribution < 1.29 is 0 Å². The maximum atomic E-state index is 8.99. The number of rotatable bonds is 1. The molecule has 0 N–H and O–H groups in total. The van der Waals surface area contributed by atoms with Gasteiger partial charge in [0.15, 0.2) is 0 Å². The minimum absolute atomic E-state index is 0.589. The first-order chi connectivity index (χ1) is 7.22. The standard InChI is InChI=1S/C11H10N4/c1-8-4-3-5-10(6-12)11(8)15-13-7-9(2)14-15/h3-5,7H,1-2H3. The van der Waals surface area contributed by atoms with E-state index < -0.39 is 0 Å². The summed E-state index contributed by atoms with van der Waals surface area (Å²) in [6.07, 6.45) is 1.67. The lowest BCUT2D eigenvalue weighted by Crippen LogP contribution is -2.04. The Morgan fingerprint density at radius 3 is 2.73 bits per heavy atom. The molecule has 0 aliphatic heterocycles. The lowest BCUT2D eigenvalue weighted by molar-refractivity contribution is 0.739.